The van der Waals surface area contributed by atoms with E-state index in [2.05, 4.69) is 41.5 Å². The second kappa shape index (κ2) is 5.27. The molecule has 0 aromatic heterocycles. The lowest BCUT2D eigenvalue weighted by Gasteiger charge is -2.27. The van der Waals surface area contributed by atoms with Crippen molar-refractivity contribution in [1.82, 2.24) is 0 Å². The van der Waals surface area contributed by atoms with Crippen LogP contribution in [0.25, 0.3) is 0 Å². The minimum Gasteiger partial charge on any atom is -0.396 e. The first-order chi connectivity index (χ1) is 7.63. The molecule has 0 aromatic rings. The smallest absolute Gasteiger partial charge is 0.0598 e. The van der Waals surface area contributed by atoms with E-state index in [1.165, 1.54) is 6.42 Å². The molecule has 0 unspecified atom stereocenters. The van der Waals surface area contributed by atoms with Crippen LogP contribution in [0.2, 0.25) is 0 Å². The highest BCUT2D eigenvalue weighted by molar-refractivity contribution is 4.89. The number of ether oxygens (including phenoxy) is 1. The van der Waals surface area contributed by atoms with Gasteiger partial charge in [0.05, 0.1) is 12.2 Å². The maximum atomic E-state index is 9.49. The van der Waals surface area contributed by atoms with Crippen LogP contribution in [0, 0.1) is 23.2 Å². The first-order valence-corrected chi connectivity index (χ1v) is 6.88. The molecule has 1 N–H and O–H groups in total. The fraction of sp³-hybridized carbons (Fsp3) is 1.00. The summed E-state index contributed by atoms with van der Waals surface area (Å²) in [5, 5.41) is 9.49. The summed E-state index contributed by atoms with van der Waals surface area (Å²) >= 11 is 0. The summed E-state index contributed by atoms with van der Waals surface area (Å²) in [6.07, 6.45) is 2.35. The SMILES string of the molecule is CC(C)(C)OC[C@H]1C[C@@H](C(C)(C)C)C[C@@H]1CO. The number of aliphatic hydroxyl groups is 1. The number of aliphatic hydroxyl groups excluding tert-OH is 1. The summed E-state index contributed by atoms with van der Waals surface area (Å²) in [7, 11) is 0. The molecule has 0 aromatic carbocycles. The van der Waals surface area contributed by atoms with E-state index < -0.39 is 0 Å². The predicted molar refractivity (Wildman–Crippen MR) is 71.9 cm³/mol. The van der Waals surface area contributed by atoms with Gasteiger partial charge in [0.1, 0.15) is 0 Å². The lowest BCUT2D eigenvalue weighted by molar-refractivity contribution is -0.0326. The van der Waals surface area contributed by atoms with Crippen LogP contribution < -0.4 is 0 Å². The van der Waals surface area contributed by atoms with Crippen LogP contribution in [0.3, 0.4) is 0 Å². The molecule has 0 amide bonds. The van der Waals surface area contributed by atoms with Crippen molar-refractivity contribution in [3.05, 3.63) is 0 Å². The quantitative estimate of drug-likeness (QED) is 0.821. The fourth-order valence-electron chi connectivity index (χ4n) is 2.70. The molecule has 1 rings (SSSR count). The van der Waals surface area contributed by atoms with E-state index in [0.717, 1.165) is 13.0 Å². The third-order valence-corrected chi connectivity index (χ3v) is 4.03. The number of hydrogen-bond donors (Lipinski definition) is 1. The Balaban J connectivity index is 2.54. The normalized spacial score (nSPS) is 30.9. The Morgan fingerprint density at radius 2 is 1.53 bits per heavy atom. The van der Waals surface area contributed by atoms with Crippen LogP contribution in [-0.4, -0.2) is 23.9 Å². The largest absolute Gasteiger partial charge is 0.396 e. The molecule has 0 aliphatic heterocycles. The fourth-order valence-corrected chi connectivity index (χ4v) is 2.70. The summed E-state index contributed by atoms with van der Waals surface area (Å²) in [6.45, 7) is 14.3. The monoisotopic (exact) mass is 242 g/mol. The van der Waals surface area contributed by atoms with Gasteiger partial charge in [0, 0.05) is 6.61 Å². The van der Waals surface area contributed by atoms with Crippen LogP contribution in [0.5, 0.6) is 0 Å². The van der Waals surface area contributed by atoms with Crippen molar-refractivity contribution in [3.63, 3.8) is 0 Å². The van der Waals surface area contributed by atoms with Gasteiger partial charge in [-0.25, -0.2) is 0 Å². The lowest BCUT2D eigenvalue weighted by atomic mass is 9.79. The van der Waals surface area contributed by atoms with Crippen LogP contribution in [0.15, 0.2) is 0 Å². The highest BCUT2D eigenvalue weighted by Gasteiger charge is 2.39. The second-order valence-corrected chi connectivity index (χ2v) is 7.66. The van der Waals surface area contributed by atoms with Gasteiger partial charge >= 0.3 is 0 Å². The number of rotatable bonds is 3. The molecule has 1 saturated carbocycles. The summed E-state index contributed by atoms with van der Waals surface area (Å²) < 4.78 is 5.90. The first-order valence-electron chi connectivity index (χ1n) is 6.88. The van der Waals surface area contributed by atoms with Gasteiger partial charge in [-0.2, -0.15) is 0 Å². The molecule has 102 valence electrons. The average molecular weight is 242 g/mol. The minimum absolute atomic E-state index is 0.0696. The summed E-state index contributed by atoms with van der Waals surface area (Å²) in [5.41, 5.74) is 0.281. The zero-order chi connectivity index (χ0) is 13.3. The van der Waals surface area contributed by atoms with Crippen molar-refractivity contribution >= 4 is 0 Å². The van der Waals surface area contributed by atoms with E-state index in [4.69, 9.17) is 4.74 Å². The van der Waals surface area contributed by atoms with E-state index in [0.29, 0.717) is 29.8 Å². The molecule has 3 atom stereocenters. The molecule has 1 aliphatic rings. The molecule has 1 fully saturated rings. The van der Waals surface area contributed by atoms with Gasteiger partial charge < -0.3 is 9.84 Å². The van der Waals surface area contributed by atoms with E-state index >= 15 is 0 Å². The van der Waals surface area contributed by atoms with Gasteiger partial charge in [0.15, 0.2) is 0 Å². The molecule has 0 saturated heterocycles. The summed E-state index contributed by atoms with van der Waals surface area (Å²) in [5.74, 6) is 1.68. The zero-order valence-electron chi connectivity index (χ0n) is 12.4. The Bertz CT molecular complexity index is 234. The van der Waals surface area contributed by atoms with E-state index in [1.54, 1.807) is 0 Å². The maximum absolute atomic E-state index is 9.49. The maximum Gasteiger partial charge on any atom is 0.0598 e. The topological polar surface area (TPSA) is 29.5 Å². The molecule has 0 bridgehead atoms. The molecule has 1 aliphatic carbocycles. The third kappa shape index (κ3) is 4.59. The minimum atomic E-state index is -0.0696. The van der Waals surface area contributed by atoms with Crippen LogP contribution in [-0.2, 0) is 4.74 Å². The summed E-state index contributed by atoms with van der Waals surface area (Å²) in [4.78, 5) is 0. The standard InChI is InChI=1S/C15H30O2/c1-14(2,3)13-7-11(9-16)12(8-13)10-17-15(4,5)6/h11-13,16H,7-10H2,1-6H3/t11-,12-,13+/m1/s1. The molecule has 0 radical (unpaired) electrons. The van der Waals surface area contributed by atoms with Crippen LogP contribution in [0.4, 0.5) is 0 Å². The van der Waals surface area contributed by atoms with Gasteiger partial charge in [-0.05, 0) is 56.8 Å². The third-order valence-electron chi connectivity index (χ3n) is 4.03. The van der Waals surface area contributed by atoms with Crippen molar-refractivity contribution in [3.8, 4) is 0 Å². The van der Waals surface area contributed by atoms with Crippen LogP contribution in [0.1, 0.15) is 54.4 Å². The van der Waals surface area contributed by atoms with E-state index in [-0.39, 0.29) is 5.60 Å². The molecular weight excluding hydrogens is 212 g/mol. The van der Waals surface area contributed by atoms with Crippen molar-refractivity contribution in [1.29, 1.82) is 0 Å². The Hall–Kier alpha value is -0.0800. The molecule has 0 heterocycles. The van der Waals surface area contributed by atoms with Crippen molar-refractivity contribution < 1.29 is 9.84 Å². The molecule has 0 spiro atoms. The molecule has 2 nitrogen and oxygen atoms in total. The Kier molecular flexibility index (Phi) is 4.65. The van der Waals surface area contributed by atoms with Gasteiger partial charge in [-0.3, -0.25) is 0 Å². The Labute approximate surface area is 107 Å². The molecule has 2 heteroatoms. The summed E-state index contributed by atoms with van der Waals surface area (Å²) in [6, 6.07) is 0. The van der Waals surface area contributed by atoms with Gasteiger partial charge in [-0.15, -0.1) is 0 Å². The highest BCUT2D eigenvalue weighted by atomic mass is 16.5. The first kappa shape index (κ1) is 15.0. The van der Waals surface area contributed by atoms with E-state index in [1.807, 2.05) is 0 Å². The predicted octanol–water partition coefficient (Wildman–Crippen LogP) is 3.48. The Morgan fingerprint density at radius 3 is 1.94 bits per heavy atom. The van der Waals surface area contributed by atoms with Crippen molar-refractivity contribution in [2.45, 2.75) is 60.0 Å². The van der Waals surface area contributed by atoms with Gasteiger partial charge in [-0.1, -0.05) is 20.8 Å². The molecular formula is C15H30O2. The molecule has 17 heavy (non-hydrogen) atoms. The second-order valence-electron chi connectivity index (χ2n) is 7.66. The van der Waals surface area contributed by atoms with E-state index in [9.17, 15) is 5.11 Å². The van der Waals surface area contributed by atoms with Crippen LogP contribution >= 0.6 is 0 Å². The lowest BCUT2D eigenvalue weighted by Crippen LogP contribution is -2.26. The Morgan fingerprint density at radius 1 is 1.00 bits per heavy atom. The average Bonchev–Trinajstić information content (AvgIpc) is 2.55. The van der Waals surface area contributed by atoms with Crippen molar-refractivity contribution in [2.75, 3.05) is 13.2 Å². The van der Waals surface area contributed by atoms with Gasteiger partial charge in [0.25, 0.3) is 0 Å². The highest BCUT2D eigenvalue weighted by Crippen LogP contribution is 2.45. The number of hydrogen-bond acceptors (Lipinski definition) is 2. The van der Waals surface area contributed by atoms with Gasteiger partial charge in [0.2, 0.25) is 0 Å². The van der Waals surface area contributed by atoms with Crippen molar-refractivity contribution in [2.24, 2.45) is 23.2 Å². The zero-order valence-corrected chi connectivity index (χ0v) is 12.4.